The van der Waals surface area contributed by atoms with Gasteiger partial charge in [-0.15, -0.1) is 0 Å². The van der Waals surface area contributed by atoms with E-state index in [1.54, 1.807) is 35.2 Å². The lowest BCUT2D eigenvalue weighted by Gasteiger charge is -2.31. The van der Waals surface area contributed by atoms with E-state index < -0.39 is 9.84 Å². The van der Waals surface area contributed by atoms with E-state index in [1.807, 2.05) is 13.8 Å². The van der Waals surface area contributed by atoms with Gasteiger partial charge in [-0.2, -0.15) is 0 Å². The highest BCUT2D eigenvalue weighted by atomic mass is 32.2. The number of ether oxygens (including phenoxy) is 2. The van der Waals surface area contributed by atoms with Crippen LogP contribution in [0.2, 0.25) is 0 Å². The summed E-state index contributed by atoms with van der Waals surface area (Å²) in [6.45, 7) is 5.48. The van der Waals surface area contributed by atoms with Gasteiger partial charge in [-0.1, -0.05) is 12.1 Å². The maximum absolute atomic E-state index is 12.0. The fourth-order valence-electron chi connectivity index (χ4n) is 3.50. The minimum Gasteiger partial charge on any atom is -0.507 e. The smallest absolute Gasteiger partial charge is 0.410 e. The van der Waals surface area contributed by atoms with Crippen LogP contribution < -0.4 is 4.74 Å². The number of hydrogen-bond donors (Lipinski definition) is 1. The maximum Gasteiger partial charge on any atom is 0.410 e. The third-order valence-corrected chi connectivity index (χ3v) is 6.39. The van der Waals surface area contributed by atoms with Crippen LogP contribution in [0.5, 0.6) is 11.5 Å². The number of phenols is 1. The monoisotopic (exact) mass is 447 g/mol. The Morgan fingerprint density at radius 2 is 1.77 bits per heavy atom. The first-order valence-electron chi connectivity index (χ1n) is 10.4. The van der Waals surface area contributed by atoms with Crippen molar-refractivity contribution in [3.05, 3.63) is 42.5 Å². The summed E-state index contributed by atoms with van der Waals surface area (Å²) in [6, 6.07) is 11.5. The Morgan fingerprint density at radius 1 is 1.13 bits per heavy atom. The molecule has 0 aliphatic carbocycles. The topological polar surface area (TPSA) is 93.1 Å². The molecule has 1 N–H and O–H groups in total. The van der Waals surface area contributed by atoms with Crippen LogP contribution >= 0.6 is 0 Å². The molecule has 0 bridgehead atoms. The molecular formula is C23H29NO6S. The SMILES string of the molecule is CC(C)OC(=O)N1CCC(COc2ccc(-c3ccc(S(C)(=O)=O)cc3)c(O)c2)CC1. The lowest BCUT2D eigenvalue weighted by atomic mass is 9.98. The van der Waals surface area contributed by atoms with Crippen LogP contribution in [0.25, 0.3) is 11.1 Å². The molecule has 7 nitrogen and oxygen atoms in total. The van der Waals surface area contributed by atoms with Crippen molar-refractivity contribution in [3.63, 3.8) is 0 Å². The van der Waals surface area contributed by atoms with E-state index in [2.05, 4.69) is 0 Å². The Bertz CT molecular complexity index is 1010. The highest BCUT2D eigenvalue weighted by molar-refractivity contribution is 7.90. The molecule has 31 heavy (non-hydrogen) atoms. The predicted octanol–water partition coefficient (Wildman–Crippen LogP) is 4.10. The number of amides is 1. The largest absolute Gasteiger partial charge is 0.507 e. The molecule has 168 valence electrons. The Kier molecular flexibility index (Phi) is 7.10. The van der Waals surface area contributed by atoms with Crippen molar-refractivity contribution in [3.8, 4) is 22.6 Å². The molecule has 0 atom stereocenters. The van der Waals surface area contributed by atoms with Crippen LogP contribution in [0.1, 0.15) is 26.7 Å². The summed E-state index contributed by atoms with van der Waals surface area (Å²) in [5.74, 6) is 0.958. The number of carbonyl (C=O) groups is 1. The molecule has 1 aliphatic heterocycles. The summed E-state index contributed by atoms with van der Waals surface area (Å²) < 4.78 is 34.3. The molecule has 0 unspecified atom stereocenters. The predicted molar refractivity (Wildman–Crippen MR) is 118 cm³/mol. The number of carbonyl (C=O) groups excluding carboxylic acids is 1. The fourth-order valence-corrected chi connectivity index (χ4v) is 4.13. The quantitative estimate of drug-likeness (QED) is 0.717. The standard InChI is InChI=1S/C23H29NO6S/c1-16(2)30-23(26)24-12-10-17(11-13-24)15-29-19-6-9-21(22(25)14-19)18-4-7-20(8-5-18)31(3,27)28/h4-9,14,16-17,25H,10-13,15H2,1-3H3. The van der Waals surface area contributed by atoms with E-state index in [0.29, 0.717) is 36.9 Å². The minimum absolute atomic E-state index is 0.0656. The molecule has 2 aromatic rings. The molecule has 8 heteroatoms. The number of phenolic OH excluding ortho intramolecular Hbond substituents is 1. The van der Waals surface area contributed by atoms with Crippen LogP contribution in [0, 0.1) is 5.92 Å². The first-order chi connectivity index (χ1) is 14.6. The van der Waals surface area contributed by atoms with Crippen LogP contribution in [-0.2, 0) is 14.6 Å². The molecule has 0 saturated carbocycles. The molecule has 1 amide bonds. The van der Waals surface area contributed by atoms with E-state index in [4.69, 9.17) is 9.47 Å². The second-order valence-corrected chi connectivity index (χ2v) is 10.2. The Balaban J connectivity index is 1.55. The highest BCUT2D eigenvalue weighted by Gasteiger charge is 2.24. The zero-order chi connectivity index (χ0) is 22.6. The molecule has 2 aromatic carbocycles. The lowest BCUT2D eigenvalue weighted by molar-refractivity contribution is 0.0608. The zero-order valence-corrected chi connectivity index (χ0v) is 18.9. The summed E-state index contributed by atoms with van der Waals surface area (Å²) in [7, 11) is -3.26. The summed E-state index contributed by atoms with van der Waals surface area (Å²) in [6.07, 6.45) is 2.45. The first-order valence-corrected chi connectivity index (χ1v) is 12.2. The van der Waals surface area contributed by atoms with Crippen LogP contribution in [0.3, 0.4) is 0 Å². The number of likely N-dealkylation sites (tertiary alicyclic amines) is 1. The highest BCUT2D eigenvalue weighted by Crippen LogP contribution is 2.33. The van der Waals surface area contributed by atoms with Gasteiger partial charge in [0.25, 0.3) is 0 Å². The average Bonchev–Trinajstić information content (AvgIpc) is 2.72. The minimum atomic E-state index is -3.26. The molecule has 1 saturated heterocycles. The number of nitrogens with zero attached hydrogens (tertiary/aromatic N) is 1. The number of benzene rings is 2. The van der Waals surface area contributed by atoms with Crippen molar-refractivity contribution in [1.29, 1.82) is 0 Å². The van der Waals surface area contributed by atoms with Crippen LogP contribution in [0.15, 0.2) is 47.4 Å². The number of aromatic hydroxyl groups is 1. The van der Waals surface area contributed by atoms with E-state index >= 15 is 0 Å². The Hall–Kier alpha value is -2.74. The van der Waals surface area contributed by atoms with Gasteiger partial charge in [0, 0.05) is 31.0 Å². The number of sulfone groups is 1. The van der Waals surface area contributed by atoms with Crippen LogP contribution in [-0.4, -0.2) is 56.6 Å². The zero-order valence-electron chi connectivity index (χ0n) is 18.1. The molecule has 1 aliphatic rings. The van der Waals surface area contributed by atoms with Crippen molar-refractivity contribution in [1.82, 2.24) is 4.90 Å². The third-order valence-electron chi connectivity index (χ3n) is 5.26. The summed E-state index contributed by atoms with van der Waals surface area (Å²) >= 11 is 0. The van der Waals surface area contributed by atoms with Gasteiger partial charge < -0.3 is 19.5 Å². The Labute approximate surface area is 183 Å². The second kappa shape index (κ2) is 9.60. The summed E-state index contributed by atoms with van der Waals surface area (Å²) in [4.78, 5) is 13.9. The molecule has 1 heterocycles. The normalized spacial score (nSPS) is 15.2. The molecule has 3 rings (SSSR count). The van der Waals surface area contributed by atoms with Gasteiger partial charge in [0.1, 0.15) is 11.5 Å². The maximum atomic E-state index is 12.0. The average molecular weight is 448 g/mol. The number of piperidine rings is 1. The Morgan fingerprint density at radius 3 is 2.32 bits per heavy atom. The van der Waals surface area contributed by atoms with Gasteiger partial charge in [0.2, 0.25) is 0 Å². The summed E-state index contributed by atoms with van der Waals surface area (Å²) in [5.41, 5.74) is 1.32. The van der Waals surface area contributed by atoms with E-state index in [0.717, 1.165) is 24.7 Å². The van der Waals surface area contributed by atoms with E-state index in [9.17, 15) is 18.3 Å². The van der Waals surface area contributed by atoms with E-state index in [-0.39, 0.29) is 22.8 Å². The molecular weight excluding hydrogens is 418 g/mol. The van der Waals surface area contributed by atoms with Crippen molar-refractivity contribution in [2.75, 3.05) is 26.0 Å². The second-order valence-electron chi connectivity index (χ2n) is 8.15. The molecule has 0 radical (unpaired) electrons. The van der Waals surface area contributed by atoms with Crippen molar-refractivity contribution in [2.45, 2.75) is 37.7 Å². The van der Waals surface area contributed by atoms with Crippen molar-refractivity contribution in [2.24, 2.45) is 5.92 Å². The number of rotatable bonds is 6. The van der Waals surface area contributed by atoms with Gasteiger partial charge in [-0.25, -0.2) is 13.2 Å². The summed E-state index contributed by atoms with van der Waals surface area (Å²) in [5, 5.41) is 10.4. The van der Waals surface area contributed by atoms with Crippen LogP contribution in [0.4, 0.5) is 4.79 Å². The molecule has 1 fully saturated rings. The van der Waals surface area contributed by atoms with Gasteiger partial charge in [0.15, 0.2) is 9.84 Å². The molecule has 0 spiro atoms. The van der Waals surface area contributed by atoms with E-state index in [1.165, 1.54) is 12.1 Å². The lowest BCUT2D eigenvalue weighted by Crippen LogP contribution is -2.40. The van der Waals surface area contributed by atoms with Gasteiger partial charge >= 0.3 is 6.09 Å². The first kappa shape index (κ1) is 22.9. The van der Waals surface area contributed by atoms with Gasteiger partial charge in [-0.3, -0.25) is 0 Å². The van der Waals surface area contributed by atoms with Crippen molar-refractivity contribution < 1.29 is 27.8 Å². The number of hydrogen-bond acceptors (Lipinski definition) is 6. The van der Waals surface area contributed by atoms with Crippen molar-refractivity contribution >= 4 is 15.9 Å². The van der Waals surface area contributed by atoms with Gasteiger partial charge in [0.05, 0.1) is 17.6 Å². The molecule has 0 aromatic heterocycles. The van der Waals surface area contributed by atoms with Gasteiger partial charge in [-0.05, 0) is 62.4 Å². The fraction of sp³-hybridized carbons (Fsp3) is 0.435. The third kappa shape index (κ3) is 6.13.